The second kappa shape index (κ2) is 5.75. The number of thioether (sulfide) groups is 1. The molecule has 0 amide bonds. The largest absolute Gasteiger partial charge is 0.508 e. The molecule has 7 heteroatoms. The van der Waals surface area contributed by atoms with Crippen molar-refractivity contribution in [1.29, 1.82) is 0 Å². The molecule has 2 rings (SSSR count). The van der Waals surface area contributed by atoms with Crippen LogP contribution in [0, 0.1) is 0 Å². The van der Waals surface area contributed by atoms with Crippen LogP contribution in [-0.4, -0.2) is 34.2 Å². The lowest BCUT2D eigenvalue weighted by Crippen LogP contribution is -2.15. The number of aromatic hydroxyl groups is 1. The van der Waals surface area contributed by atoms with Crippen LogP contribution in [0.1, 0.15) is 5.82 Å². The lowest BCUT2D eigenvalue weighted by molar-refractivity contribution is 0.475. The summed E-state index contributed by atoms with van der Waals surface area (Å²) in [6.07, 6.45) is 0. The van der Waals surface area contributed by atoms with Crippen LogP contribution in [0.4, 0.5) is 11.9 Å². The molecule has 0 aliphatic heterocycles. The molecule has 0 saturated heterocycles. The smallest absolute Gasteiger partial charge is 0.229 e. The molecule has 0 bridgehead atoms. The second-order valence-electron chi connectivity index (χ2n) is 4.09. The fraction of sp³-hybridized carbons (Fsp3) is 0.250. The minimum absolute atomic E-state index is 0.222. The molecule has 0 spiro atoms. The average Bonchev–Trinajstić information content (AvgIpc) is 2.37. The molecule has 0 aliphatic carbocycles. The number of nitrogens with two attached hydrogens (primary N) is 1. The van der Waals surface area contributed by atoms with Crippen molar-refractivity contribution in [2.45, 2.75) is 10.6 Å². The first-order valence-corrected chi connectivity index (χ1v) is 6.63. The lowest BCUT2D eigenvalue weighted by Gasteiger charge is -2.11. The molecule has 0 fully saturated rings. The van der Waals surface area contributed by atoms with E-state index in [2.05, 4.69) is 15.0 Å². The monoisotopic (exact) mass is 277 g/mol. The summed E-state index contributed by atoms with van der Waals surface area (Å²) in [6.45, 7) is 0. The zero-order chi connectivity index (χ0) is 13.8. The van der Waals surface area contributed by atoms with Crippen LogP contribution in [0.5, 0.6) is 5.75 Å². The van der Waals surface area contributed by atoms with E-state index in [-0.39, 0.29) is 11.7 Å². The maximum Gasteiger partial charge on any atom is 0.229 e. The SMILES string of the molecule is CN(C)c1nc(N)nc(CSc2ccc(O)cc2)n1. The van der Waals surface area contributed by atoms with Crippen molar-refractivity contribution in [3.8, 4) is 5.75 Å². The Balaban J connectivity index is 2.08. The van der Waals surface area contributed by atoms with Gasteiger partial charge in [0.15, 0.2) is 0 Å². The summed E-state index contributed by atoms with van der Waals surface area (Å²) in [4.78, 5) is 15.3. The fourth-order valence-corrected chi connectivity index (χ4v) is 2.13. The minimum Gasteiger partial charge on any atom is -0.508 e. The molecule has 100 valence electrons. The van der Waals surface area contributed by atoms with Crippen LogP contribution in [0.15, 0.2) is 29.2 Å². The fourth-order valence-electron chi connectivity index (χ4n) is 1.38. The van der Waals surface area contributed by atoms with Gasteiger partial charge in [0, 0.05) is 19.0 Å². The van der Waals surface area contributed by atoms with E-state index in [9.17, 15) is 5.11 Å². The van der Waals surface area contributed by atoms with Gasteiger partial charge in [0.05, 0.1) is 5.75 Å². The predicted octanol–water partition coefficient (Wildman–Crippen LogP) is 1.52. The maximum absolute atomic E-state index is 9.21. The van der Waals surface area contributed by atoms with Gasteiger partial charge in [0.25, 0.3) is 0 Å². The van der Waals surface area contributed by atoms with Gasteiger partial charge in [0.2, 0.25) is 11.9 Å². The van der Waals surface area contributed by atoms with Crippen molar-refractivity contribution in [2.24, 2.45) is 0 Å². The molecule has 0 radical (unpaired) electrons. The lowest BCUT2D eigenvalue weighted by atomic mass is 10.3. The van der Waals surface area contributed by atoms with Crippen LogP contribution in [0.3, 0.4) is 0 Å². The Kier molecular flexibility index (Phi) is 4.06. The Morgan fingerprint density at radius 2 is 1.84 bits per heavy atom. The zero-order valence-electron chi connectivity index (χ0n) is 10.7. The standard InChI is InChI=1S/C12H15N5OS/c1-17(2)12-15-10(14-11(13)16-12)7-19-9-5-3-8(18)4-6-9/h3-6,18H,7H2,1-2H3,(H2,13,14,15,16). The number of aromatic nitrogens is 3. The van der Waals surface area contributed by atoms with Crippen molar-refractivity contribution in [1.82, 2.24) is 15.0 Å². The number of phenols is 1. The number of phenolic OH excluding ortho intramolecular Hbond substituents is 1. The van der Waals surface area contributed by atoms with E-state index in [0.29, 0.717) is 17.5 Å². The zero-order valence-corrected chi connectivity index (χ0v) is 11.6. The number of nitrogen functional groups attached to an aromatic ring is 1. The van der Waals surface area contributed by atoms with Crippen molar-refractivity contribution >= 4 is 23.7 Å². The quantitative estimate of drug-likeness (QED) is 0.819. The summed E-state index contributed by atoms with van der Waals surface area (Å²) in [6, 6.07) is 6.99. The highest BCUT2D eigenvalue weighted by molar-refractivity contribution is 7.98. The van der Waals surface area contributed by atoms with E-state index in [0.717, 1.165) is 4.90 Å². The topological polar surface area (TPSA) is 88.2 Å². The average molecular weight is 277 g/mol. The van der Waals surface area contributed by atoms with Crippen molar-refractivity contribution in [3.63, 3.8) is 0 Å². The molecule has 1 heterocycles. The molecule has 0 saturated carbocycles. The molecule has 6 nitrogen and oxygen atoms in total. The van der Waals surface area contributed by atoms with Crippen LogP contribution in [-0.2, 0) is 5.75 Å². The molecular formula is C12H15N5OS. The number of rotatable bonds is 4. The van der Waals surface area contributed by atoms with Gasteiger partial charge in [-0.25, -0.2) is 0 Å². The Hall–Kier alpha value is -2.02. The second-order valence-corrected chi connectivity index (χ2v) is 5.14. The van der Waals surface area contributed by atoms with Gasteiger partial charge in [-0.2, -0.15) is 15.0 Å². The number of hydrogen-bond donors (Lipinski definition) is 2. The van der Waals surface area contributed by atoms with Crippen molar-refractivity contribution < 1.29 is 5.11 Å². The summed E-state index contributed by atoms with van der Waals surface area (Å²) < 4.78 is 0. The molecule has 2 aromatic rings. The van der Waals surface area contributed by atoms with Crippen molar-refractivity contribution in [3.05, 3.63) is 30.1 Å². The van der Waals surface area contributed by atoms with Gasteiger partial charge in [-0.05, 0) is 24.3 Å². The third-order valence-corrected chi connectivity index (χ3v) is 3.30. The third kappa shape index (κ3) is 3.72. The molecule has 3 N–H and O–H groups in total. The summed E-state index contributed by atoms with van der Waals surface area (Å²) in [5, 5.41) is 9.21. The van der Waals surface area contributed by atoms with Gasteiger partial charge in [-0.3, -0.25) is 0 Å². The van der Waals surface area contributed by atoms with Gasteiger partial charge < -0.3 is 15.7 Å². The first-order valence-electron chi connectivity index (χ1n) is 5.64. The number of anilines is 2. The first-order chi connectivity index (χ1) is 9.04. The van der Waals surface area contributed by atoms with Crippen LogP contribution >= 0.6 is 11.8 Å². The van der Waals surface area contributed by atoms with Crippen LogP contribution in [0.25, 0.3) is 0 Å². The van der Waals surface area contributed by atoms with Crippen LogP contribution < -0.4 is 10.6 Å². The molecular weight excluding hydrogens is 262 g/mol. The van der Waals surface area contributed by atoms with E-state index in [1.807, 2.05) is 26.2 Å². The van der Waals surface area contributed by atoms with Gasteiger partial charge >= 0.3 is 0 Å². The number of hydrogen-bond acceptors (Lipinski definition) is 7. The highest BCUT2D eigenvalue weighted by Crippen LogP contribution is 2.23. The van der Waals surface area contributed by atoms with Gasteiger partial charge in [0.1, 0.15) is 11.6 Å². The van der Waals surface area contributed by atoms with Gasteiger partial charge in [-0.1, -0.05) is 0 Å². The predicted molar refractivity (Wildman–Crippen MR) is 76.2 cm³/mol. The highest BCUT2D eigenvalue weighted by atomic mass is 32.2. The normalized spacial score (nSPS) is 10.4. The molecule has 0 atom stereocenters. The Morgan fingerprint density at radius 3 is 2.47 bits per heavy atom. The Bertz CT molecular complexity index is 559. The summed E-state index contributed by atoms with van der Waals surface area (Å²) in [5.41, 5.74) is 5.65. The van der Waals surface area contributed by atoms with E-state index in [4.69, 9.17) is 5.73 Å². The van der Waals surface area contributed by atoms with E-state index in [1.54, 1.807) is 28.8 Å². The highest BCUT2D eigenvalue weighted by Gasteiger charge is 2.06. The van der Waals surface area contributed by atoms with Gasteiger partial charge in [-0.15, -0.1) is 11.8 Å². The molecule has 0 aliphatic rings. The molecule has 19 heavy (non-hydrogen) atoms. The molecule has 1 aromatic carbocycles. The molecule has 1 aromatic heterocycles. The van der Waals surface area contributed by atoms with Crippen molar-refractivity contribution in [2.75, 3.05) is 24.7 Å². The Morgan fingerprint density at radius 1 is 1.16 bits per heavy atom. The number of nitrogens with zero attached hydrogens (tertiary/aromatic N) is 4. The summed E-state index contributed by atoms with van der Waals surface area (Å²) in [7, 11) is 3.71. The maximum atomic E-state index is 9.21. The van der Waals surface area contributed by atoms with E-state index >= 15 is 0 Å². The van der Waals surface area contributed by atoms with E-state index < -0.39 is 0 Å². The Labute approximate surface area is 115 Å². The number of benzene rings is 1. The van der Waals surface area contributed by atoms with Crippen LogP contribution in [0.2, 0.25) is 0 Å². The minimum atomic E-state index is 0.222. The molecule has 0 unspecified atom stereocenters. The third-order valence-electron chi connectivity index (χ3n) is 2.29. The van der Waals surface area contributed by atoms with E-state index in [1.165, 1.54) is 0 Å². The summed E-state index contributed by atoms with van der Waals surface area (Å²) in [5.74, 6) is 2.25. The summed E-state index contributed by atoms with van der Waals surface area (Å²) >= 11 is 1.57. The first kappa shape index (κ1) is 13.4.